The summed E-state index contributed by atoms with van der Waals surface area (Å²) < 4.78 is 0. The highest BCUT2D eigenvalue weighted by atomic mass is 32.2. The molecule has 0 radical (unpaired) electrons. The molecule has 0 bridgehead atoms. The normalized spacial score (nSPS) is 14.4. The zero-order valence-electron chi connectivity index (χ0n) is 13.1. The van der Waals surface area contributed by atoms with Gasteiger partial charge in [-0.3, -0.25) is 9.59 Å². The maximum absolute atomic E-state index is 11.8. The van der Waals surface area contributed by atoms with Crippen LogP contribution in [-0.4, -0.2) is 29.9 Å². The van der Waals surface area contributed by atoms with Crippen LogP contribution in [0.1, 0.15) is 39.0 Å². The van der Waals surface area contributed by atoms with Crippen molar-refractivity contribution < 1.29 is 9.59 Å². The zero-order valence-corrected chi connectivity index (χ0v) is 14.0. The van der Waals surface area contributed by atoms with Crippen LogP contribution in [-0.2, 0) is 9.59 Å². The molecule has 1 heterocycles. The molecule has 0 aromatic heterocycles. The van der Waals surface area contributed by atoms with Crippen LogP contribution >= 0.6 is 11.8 Å². The first kappa shape index (κ1) is 16.9. The van der Waals surface area contributed by atoms with Crippen LogP contribution in [0.2, 0.25) is 0 Å². The number of benzene rings is 1. The Hall–Kier alpha value is -1.49. The van der Waals surface area contributed by atoms with E-state index in [1.54, 1.807) is 4.90 Å². The van der Waals surface area contributed by atoms with Gasteiger partial charge in [-0.15, -0.1) is 0 Å². The van der Waals surface area contributed by atoms with Crippen molar-refractivity contribution in [3.05, 3.63) is 24.3 Å². The van der Waals surface area contributed by atoms with E-state index in [9.17, 15) is 9.59 Å². The predicted octanol–water partition coefficient (Wildman–Crippen LogP) is 3.68. The van der Waals surface area contributed by atoms with Crippen molar-refractivity contribution in [3.8, 4) is 0 Å². The average Bonchev–Trinajstić information content (AvgIpc) is 2.94. The molecular weight excluding hydrogens is 296 g/mol. The zero-order chi connectivity index (χ0) is 15.8. The molecule has 0 saturated carbocycles. The Morgan fingerprint density at radius 1 is 1.27 bits per heavy atom. The van der Waals surface area contributed by atoms with Crippen molar-refractivity contribution in [2.75, 3.05) is 28.3 Å². The minimum absolute atomic E-state index is 0.0500. The van der Waals surface area contributed by atoms with Gasteiger partial charge in [-0.2, -0.15) is 11.8 Å². The van der Waals surface area contributed by atoms with Gasteiger partial charge in [0.2, 0.25) is 11.8 Å². The molecule has 1 fully saturated rings. The highest BCUT2D eigenvalue weighted by Gasteiger charge is 2.21. The Balaban J connectivity index is 1.76. The van der Waals surface area contributed by atoms with Crippen LogP contribution in [0.25, 0.3) is 0 Å². The number of carbonyl (C=O) groups excluding carboxylic acids is 2. The summed E-state index contributed by atoms with van der Waals surface area (Å²) in [7, 11) is 0. The van der Waals surface area contributed by atoms with E-state index in [1.165, 1.54) is 12.8 Å². The maximum Gasteiger partial charge on any atom is 0.227 e. The second-order valence-corrected chi connectivity index (χ2v) is 6.68. The fourth-order valence-corrected chi connectivity index (χ4v) is 3.41. The number of hydrogen-bond acceptors (Lipinski definition) is 3. The third kappa shape index (κ3) is 5.05. The average molecular weight is 320 g/mol. The van der Waals surface area contributed by atoms with E-state index in [2.05, 4.69) is 12.2 Å². The first-order valence-electron chi connectivity index (χ1n) is 7.98. The van der Waals surface area contributed by atoms with Crippen molar-refractivity contribution in [2.24, 2.45) is 0 Å². The molecule has 1 aliphatic rings. The van der Waals surface area contributed by atoms with Crippen LogP contribution in [0.15, 0.2) is 24.3 Å². The van der Waals surface area contributed by atoms with E-state index in [-0.39, 0.29) is 11.8 Å². The molecule has 5 heteroatoms. The lowest BCUT2D eigenvalue weighted by Crippen LogP contribution is -2.23. The Bertz CT molecular complexity index is 502. The van der Waals surface area contributed by atoms with Gasteiger partial charge in [0, 0.05) is 36.5 Å². The molecule has 1 N–H and O–H groups in total. The fraction of sp³-hybridized carbons (Fsp3) is 0.529. The summed E-state index contributed by atoms with van der Waals surface area (Å²) in [5.74, 6) is 2.23. The second-order valence-electron chi connectivity index (χ2n) is 5.46. The molecule has 2 rings (SSSR count). The quantitative estimate of drug-likeness (QED) is 0.743. The SMILES string of the molecule is CCCCSCCC(=O)Nc1ccc(N2CCCC2=O)cc1. The number of hydrogen-bond donors (Lipinski definition) is 1. The van der Waals surface area contributed by atoms with Gasteiger partial charge in [-0.05, 0) is 42.9 Å². The van der Waals surface area contributed by atoms with Gasteiger partial charge >= 0.3 is 0 Å². The molecule has 0 aliphatic carbocycles. The molecule has 22 heavy (non-hydrogen) atoms. The fourth-order valence-electron chi connectivity index (χ4n) is 2.38. The molecule has 0 unspecified atom stereocenters. The van der Waals surface area contributed by atoms with Crippen molar-refractivity contribution in [2.45, 2.75) is 39.0 Å². The van der Waals surface area contributed by atoms with E-state index >= 15 is 0 Å². The van der Waals surface area contributed by atoms with E-state index in [4.69, 9.17) is 0 Å². The Labute approximate surface area is 136 Å². The summed E-state index contributed by atoms with van der Waals surface area (Å²) in [4.78, 5) is 25.3. The third-order valence-electron chi connectivity index (χ3n) is 3.65. The highest BCUT2D eigenvalue weighted by molar-refractivity contribution is 7.99. The van der Waals surface area contributed by atoms with Crippen LogP contribution < -0.4 is 10.2 Å². The van der Waals surface area contributed by atoms with E-state index in [0.717, 1.165) is 35.8 Å². The van der Waals surface area contributed by atoms with Gasteiger partial charge in [0.25, 0.3) is 0 Å². The van der Waals surface area contributed by atoms with Gasteiger partial charge in [-0.1, -0.05) is 13.3 Å². The smallest absolute Gasteiger partial charge is 0.227 e. The lowest BCUT2D eigenvalue weighted by atomic mass is 10.2. The highest BCUT2D eigenvalue weighted by Crippen LogP contribution is 2.23. The minimum Gasteiger partial charge on any atom is -0.326 e. The van der Waals surface area contributed by atoms with Crippen molar-refractivity contribution in [1.29, 1.82) is 0 Å². The van der Waals surface area contributed by atoms with Crippen molar-refractivity contribution >= 4 is 35.0 Å². The second kappa shape index (κ2) is 8.83. The van der Waals surface area contributed by atoms with Crippen LogP contribution in [0, 0.1) is 0 Å². The van der Waals surface area contributed by atoms with Crippen molar-refractivity contribution in [1.82, 2.24) is 0 Å². The first-order chi connectivity index (χ1) is 10.7. The van der Waals surface area contributed by atoms with Crippen molar-refractivity contribution in [3.63, 3.8) is 0 Å². The first-order valence-corrected chi connectivity index (χ1v) is 9.14. The topological polar surface area (TPSA) is 49.4 Å². The van der Waals surface area contributed by atoms with E-state index in [1.807, 2.05) is 36.0 Å². The number of rotatable bonds is 8. The Morgan fingerprint density at radius 3 is 2.68 bits per heavy atom. The van der Waals surface area contributed by atoms with Gasteiger partial charge < -0.3 is 10.2 Å². The number of anilines is 2. The lowest BCUT2D eigenvalue weighted by molar-refractivity contribution is -0.117. The summed E-state index contributed by atoms with van der Waals surface area (Å²) in [6, 6.07) is 7.52. The molecule has 120 valence electrons. The molecule has 0 atom stereocenters. The lowest BCUT2D eigenvalue weighted by Gasteiger charge is -2.16. The summed E-state index contributed by atoms with van der Waals surface area (Å²) in [5, 5.41) is 2.91. The Morgan fingerprint density at radius 2 is 2.05 bits per heavy atom. The van der Waals surface area contributed by atoms with E-state index in [0.29, 0.717) is 12.8 Å². The van der Waals surface area contributed by atoms with Gasteiger partial charge in [0.05, 0.1) is 0 Å². The third-order valence-corrected chi connectivity index (χ3v) is 4.72. The van der Waals surface area contributed by atoms with Gasteiger partial charge in [-0.25, -0.2) is 0 Å². The molecule has 1 saturated heterocycles. The molecule has 4 nitrogen and oxygen atoms in total. The molecule has 1 aromatic carbocycles. The summed E-state index contributed by atoms with van der Waals surface area (Å²) in [6.07, 6.45) is 4.51. The predicted molar refractivity (Wildman–Crippen MR) is 93.5 cm³/mol. The number of amides is 2. The van der Waals surface area contributed by atoms with Crippen LogP contribution in [0.4, 0.5) is 11.4 Å². The number of nitrogens with one attached hydrogen (secondary N) is 1. The van der Waals surface area contributed by atoms with Gasteiger partial charge in [0.1, 0.15) is 0 Å². The molecule has 2 amide bonds. The number of carbonyl (C=O) groups is 2. The van der Waals surface area contributed by atoms with Crippen LogP contribution in [0.5, 0.6) is 0 Å². The largest absolute Gasteiger partial charge is 0.326 e. The van der Waals surface area contributed by atoms with E-state index < -0.39 is 0 Å². The monoisotopic (exact) mass is 320 g/mol. The minimum atomic E-state index is 0.0500. The maximum atomic E-state index is 11.8. The summed E-state index contributed by atoms with van der Waals surface area (Å²) in [6.45, 7) is 2.96. The summed E-state index contributed by atoms with van der Waals surface area (Å²) in [5.41, 5.74) is 1.70. The molecule has 1 aliphatic heterocycles. The molecule has 0 spiro atoms. The van der Waals surface area contributed by atoms with Gasteiger partial charge in [0.15, 0.2) is 0 Å². The number of thioether (sulfide) groups is 1. The standard InChI is InChI=1S/C17H24N2O2S/c1-2-3-12-22-13-10-16(20)18-14-6-8-15(9-7-14)19-11-4-5-17(19)21/h6-9H,2-5,10-13H2,1H3,(H,18,20). The summed E-state index contributed by atoms with van der Waals surface area (Å²) >= 11 is 1.83. The number of unbranched alkanes of at least 4 members (excludes halogenated alkanes) is 1. The number of nitrogens with zero attached hydrogens (tertiary/aromatic N) is 1. The molecule has 1 aromatic rings. The Kier molecular flexibility index (Phi) is 6.77. The molecular formula is C17H24N2O2S. The van der Waals surface area contributed by atoms with Crippen LogP contribution in [0.3, 0.4) is 0 Å².